The van der Waals surface area contributed by atoms with E-state index in [1.54, 1.807) is 7.11 Å². The number of methoxy groups -OCH3 is 1. The van der Waals surface area contributed by atoms with Gasteiger partial charge < -0.3 is 25.4 Å². The van der Waals surface area contributed by atoms with Crippen LogP contribution in [0.2, 0.25) is 0 Å². The number of carbonyl (C=O) groups is 1. The van der Waals surface area contributed by atoms with Gasteiger partial charge >= 0.3 is 0 Å². The number of ether oxygens (including phenoxy) is 2. The molecule has 7 nitrogen and oxygen atoms in total. The van der Waals surface area contributed by atoms with Crippen LogP contribution in [0.5, 0.6) is 11.5 Å². The molecular weight excluding hydrogens is 356 g/mol. The van der Waals surface area contributed by atoms with Crippen molar-refractivity contribution in [2.24, 2.45) is 10.9 Å². The van der Waals surface area contributed by atoms with Crippen molar-refractivity contribution in [2.45, 2.75) is 40.5 Å². The number of nitrogens with one attached hydrogen (secondary N) is 3. The third kappa shape index (κ3) is 8.97. The molecule has 0 aliphatic rings. The molecule has 28 heavy (non-hydrogen) atoms. The van der Waals surface area contributed by atoms with E-state index in [9.17, 15) is 4.79 Å². The topological polar surface area (TPSA) is 84.0 Å². The second-order valence-electron chi connectivity index (χ2n) is 6.65. The van der Waals surface area contributed by atoms with Gasteiger partial charge in [-0.05, 0) is 44.4 Å². The summed E-state index contributed by atoms with van der Waals surface area (Å²) in [4.78, 5) is 16.2. The Bertz CT molecular complexity index is 618. The highest BCUT2D eigenvalue weighted by molar-refractivity contribution is 5.80. The second kappa shape index (κ2) is 13.7. The molecule has 0 bridgehead atoms. The Kier molecular flexibility index (Phi) is 11.5. The maximum absolute atomic E-state index is 11.6. The second-order valence-corrected chi connectivity index (χ2v) is 6.65. The van der Waals surface area contributed by atoms with Crippen LogP contribution in [0.4, 0.5) is 0 Å². The summed E-state index contributed by atoms with van der Waals surface area (Å²) in [5.74, 6) is 2.38. The van der Waals surface area contributed by atoms with E-state index in [4.69, 9.17) is 9.47 Å². The smallest absolute Gasteiger partial charge is 0.222 e. The van der Waals surface area contributed by atoms with Gasteiger partial charge in [0.05, 0.1) is 13.7 Å². The fourth-order valence-electron chi connectivity index (χ4n) is 2.53. The summed E-state index contributed by atoms with van der Waals surface area (Å²) in [7, 11) is 1.65. The van der Waals surface area contributed by atoms with E-state index in [1.165, 1.54) is 5.56 Å². The van der Waals surface area contributed by atoms with Crippen molar-refractivity contribution in [2.75, 3.05) is 39.9 Å². The number of hydrogen-bond donors (Lipinski definition) is 3. The largest absolute Gasteiger partial charge is 0.493 e. The summed E-state index contributed by atoms with van der Waals surface area (Å²) in [6.07, 6.45) is 1.84. The Morgan fingerprint density at radius 2 is 1.86 bits per heavy atom. The van der Waals surface area contributed by atoms with Crippen molar-refractivity contribution in [3.05, 3.63) is 23.8 Å². The van der Waals surface area contributed by atoms with Crippen LogP contribution in [0.15, 0.2) is 23.2 Å². The number of aryl methyl sites for hydroxylation is 1. The quantitative estimate of drug-likeness (QED) is 0.289. The molecule has 0 aliphatic heterocycles. The number of carbonyl (C=O) groups excluding carboxylic acids is 1. The lowest BCUT2D eigenvalue weighted by molar-refractivity contribution is -0.123. The minimum absolute atomic E-state index is 0.00287. The summed E-state index contributed by atoms with van der Waals surface area (Å²) in [5.41, 5.74) is 1.20. The summed E-state index contributed by atoms with van der Waals surface area (Å²) >= 11 is 0. The van der Waals surface area contributed by atoms with E-state index < -0.39 is 0 Å². The third-order valence-electron chi connectivity index (χ3n) is 4.01. The van der Waals surface area contributed by atoms with Crippen molar-refractivity contribution in [3.63, 3.8) is 0 Å². The lowest BCUT2D eigenvalue weighted by Gasteiger charge is -2.13. The van der Waals surface area contributed by atoms with Gasteiger partial charge in [0.15, 0.2) is 17.5 Å². The van der Waals surface area contributed by atoms with Gasteiger partial charge in [0.2, 0.25) is 5.91 Å². The fraction of sp³-hybridized carbons (Fsp3) is 0.619. The van der Waals surface area contributed by atoms with Crippen LogP contribution in [0.1, 0.15) is 39.7 Å². The zero-order valence-corrected chi connectivity index (χ0v) is 17.9. The average molecular weight is 393 g/mol. The minimum Gasteiger partial charge on any atom is -0.493 e. The average Bonchev–Trinajstić information content (AvgIpc) is 2.68. The van der Waals surface area contributed by atoms with Crippen LogP contribution >= 0.6 is 0 Å². The van der Waals surface area contributed by atoms with Crippen LogP contribution in [0.3, 0.4) is 0 Å². The molecule has 0 fully saturated rings. The number of amides is 1. The molecule has 3 N–H and O–H groups in total. The van der Waals surface area contributed by atoms with Crippen molar-refractivity contribution in [1.29, 1.82) is 0 Å². The Labute approximate surface area is 169 Å². The van der Waals surface area contributed by atoms with Crippen molar-refractivity contribution in [1.82, 2.24) is 16.0 Å². The van der Waals surface area contributed by atoms with E-state index in [1.807, 2.05) is 39.8 Å². The first-order valence-corrected chi connectivity index (χ1v) is 10.1. The molecule has 1 aromatic rings. The van der Waals surface area contributed by atoms with Crippen LogP contribution in [-0.4, -0.2) is 51.8 Å². The van der Waals surface area contributed by atoms with Gasteiger partial charge in [0.25, 0.3) is 0 Å². The van der Waals surface area contributed by atoms with Gasteiger partial charge in [-0.2, -0.15) is 0 Å². The number of aliphatic imine (C=N–C) groups is 1. The predicted molar refractivity (Wildman–Crippen MR) is 114 cm³/mol. The van der Waals surface area contributed by atoms with E-state index in [0.717, 1.165) is 36.8 Å². The number of hydrogen-bond acceptors (Lipinski definition) is 4. The molecule has 0 atom stereocenters. The number of nitrogens with zero attached hydrogens (tertiary/aromatic N) is 1. The van der Waals surface area contributed by atoms with E-state index in [2.05, 4.69) is 27.0 Å². The summed E-state index contributed by atoms with van der Waals surface area (Å²) < 4.78 is 11.0. The molecule has 0 spiro atoms. The summed E-state index contributed by atoms with van der Waals surface area (Å²) in [6, 6.07) is 6.04. The maximum Gasteiger partial charge on any atom is 0.222 e. The SMILES string of the molecule is CCNC(=NCCCc1ccc(OC)c(OCC)c1)NCCNC(=O)C(C)C. The molecule has 1 aromatic carbocycles. The standard InChI is InChI=1S/C21H36N4O3/c1-6-22-21(25-14-13-23-20(26)16(3)4)24-12-8-9-17-10-11-18(27-5)19(15-17)28-7-2/h10-11,15-16H,6-9,12-14H2,1-5H3,(H,23,26)(H2,22,24,25). The molecular formula is C21H36N4O3. The van der Waals surface area contributed by atoms with Gasteiger partial charge in [-0.15, -0.1) is 0 Å². The predicted octanol–water partition coefficient (Wildman–Crippen LogP) is 2.35. The first kappa shape index (κ1) is 23.6. The summed E-state index contributed by atoms with van der Waals surface area (Å²) in [6.45, 7) is 11.1. The molecule has 7 heteroatoms. The van der Waals surface area contributed by atoms with Crippen LogP contribution in [0.25, 0.3) is 0 Å². The molecule has 1 rings (SSSR count). The molecule has 0 heterocycles. The zero-order chi connectivity index (χ0) is 20.8. The first-order chi connectivity index (χ1) is 13.5. The normalized spacial score (nSPS) is 11.3. The number of guanidine groups is 1. The van der Waals surface area contributed by atoms with Crippen LogP contribution < -0.4 is 25.4 Å². The van der Waals surface area contributed by atoms with Crippen LogP contribution in [0, 0.1) is 5.92 Å². The highest BCUT2D eigenvalue weighted by atomic mass is 16.5. The van der Waals surface area contributed by atoms with E-state index in [-0.39, 0.29) is 11.8 Å². The monoisotopic (exact) mass is 392 g/mol. The number of rotatable bonds is 12. The van der Waals surface area contributed by atoms with E-state index in [0.29, 0.717) is 26.2 Å². The van der Waals surface area contributed by atoms with Gasteiger partial charge in [0.1, 0.15) is 0 Å². The van der Waals surface area contributed by atoms with Gasteiger partial charge in [-0.3, -0.25) is 9.79 Å². The van der Waals surface area contributed by atoms with Crippen molar-refractivity contribution in [3.8, 4) is 11.5 Å². The lowest BCUT2D eigenvalue weighted by Crippen LogP contribution is -2.42. The molecule has 158 valence electrons. The van der Waals surface area contributed by atoms with Crippen molar-refractivity contribution >= 4 is 11.9 Å². The zero-order valence-electron chi connectivity index (χ0n) is 17.9. The fourth-order valence-corrected chi connectivity index (χ4v) is 2.53. The molecule has 0 radical (unpaired) electrons. The molecule has 0 unspecified atom stereocenters. The summed E-state index contributed by atoms with van der Waals surface area (Å²) in [5, 5.41) is 9.35. The number of benzene rings is 1. The molecule has 0 aliphatic carbocycles. The van der Waals surface area contributed by atoms with Crippen LogP contribution in [-0.2, 0) is 11.2 Å². The molecule has 0 saturated heterocycles. The molecule has 0 aromatic heterocycles. The Hall–Kier alpha value is -2.44. The highest BCUT2D eigenvalue weighted by Gasteiger charge is 2.06. The molecule has 0 saturated carbocycles. The Balaban J connectivity index is 2.44. The lowest BCUT2D eigenvalue weighted by atomic mass is 10.1. The minimum atomic E-state index is 0.00287. The Morgan fingerprint density at radius 1 is 1.11 bits per heavy atom. The maximum atomic E-state index is 11.6. The van der Waals surface area contributed by atoms with E-state index >= 15 is 0 Å². The van der Waals surface area contributed by atoms with Gasteiger partial charge in [0, 0.05) is 32.1 Å². The van der Waals surface area contributed by atoms with Crippen molar-refractivity contribution < 1.29 is 14.3 Å². The molecule has 1 amide bonds. The third-order valence-corrected chi connectivity index (χ3v) is 4.01. The Morgan fingerprint density at radius 3 is 2.50 bits per heavy atom. The van der Waals surface area contributed by atoms with Gasteiger partial charge in [-0.1, -0.05) is 19.9 Å². The van der Waals surface area contributed by atoms with Gasteiger partial charge in [-0.25, -0.2) is 0 Å². The highest BCUT2D eigenvalue weighted by Crippen LogP contribution is 2.28. The first-order valence-electron chi connectivity index (χ1n) is 10.1.